The Hall–Kier alpha value is -2.71. The lowest BCUT2D eigenvalue weighted by Gasteiger charge is -2.14. The summed E-state index contributed by atoms with van der Waals surface area (Å²) >= 11 is 1.38. The highest BCUT2D eigenvalue weighted by atomic mass is 32.1. The number of aryl methyl sites for hydroxylation is 2. The van der Waals surface area contributed by atoms with Crippen LogP contribution >= 0.6 is 11.3 Å². The molecule has 0 unspecified atom stereocenters. The van der Waals surface area contributed by atoms with Crippen molar-refractivity contribution < 1.29 is 9.53 Å². The van der Waals surface area contributed by atoms with Crippen LogP contribution in [0.2, 0.25) is 0 Å². The minimum atomic E-state index is -0.468. The second-order valence-electron chi connectivity index (χ2n) is 7.65. The number of carbonyl (C=O) groups is 1. The molecule has 0 aliphatic carbocycles. The number of ether oxygens (including phenoxy) is 1. The van der Waals surface area contributed by atoms with E-state index in [0.717, 1.165) is 35.5 Å². The molecule has 4 rings (SSSR count). The van der Waals surface area contributed by atoms with Crippen LogP contribution in [0.5, 0.6) is 0 Å². The number of hydrogen-bond acceptors (Lipinski definition) is 5. The topological polar surface area (TPSA) is 82.3 Å². The van der Waals surface area contributed by atoms with Gasteiger partial charge in [0.1, 0.15) is 11.4 Å². The van der Waals surface area contributed by atoms with Gasteiger partial charge in [0.05, 0.1) is 18.0 Å². The van der Waals surface area contributed by atoms with Gasteiger partial charge in [0.15, 0.2) is 0 Å². The van der Waals surface area contributed by atoms with Gasteiger partial charge < -0.3 is 10.1 Å². The number of aromatic nitrogens is 2. The number of rotatable bonds is 6. The van der Waals surface area contributed by atoms with E-state index in [0.29, 0.717) is 16.8 Å². The molecule has 0 radical (unpaired) electrons. The molecule has 1 amide bonds. The summed E-state index contributed by atoms with van der Waals surface area (Å²) in [6.45, 7) is 5.00. The number of amides is 1. The molecule has 1 aromatic carbocycles. The monoisotopic (exact) mass is 427 g/mol. The van der Waals surface area contributed by atoms with Crippen LogP contribution in [-0.2, 0) is 22.6 Å². The molecule has 158 valence electrons. The highest BCUT2D eigenvalue weighted by molar-refractivity contribution is 7.18. The Morgan fingerprint density at radius 2 is 1.97 bits per heavy atom. The molecule has 1 aliphatic heterocycles. The molecule has 0 spiro atoms. The van der Waals surface area contributed by atoms with Crippen LogP contribution < -0.4 is 16.6 Å². The van der Waals surface area contributed by atoms with Crippen molar-refractivity contribution in [1.82, 2.24) is 14.5 Å². The largest absolute Gasteiger partial charge is 0.376 e. The van der Waals surface area contributed by atoms with Crippen molar-refractivity contribution in [2.24, 2.45) is 0 Å². The number of nitrogens with one attached hydrogen (secondary N) is 1. The number of thiophene rings is 1. The van der Waals surface area contributed by atoms with Crippen molar-refractivity contribution >= 4 is 27.5 Å². The quantitative estimate of drug-likeness (QED) is 0.654. The lowest BCUT2D eigenvalue weighted by atomic mass is 10.2. The summed E-state index contributed by atoms with van der Waals surface area (Å²) in [5.74, 6) is -0.262. The minimum Gasteiger partial charge on any atom is -0.376 e. The van der Waals surface area contributed by atoms with Crippen molar-refractivity contribution in [1.29, 1.82) is 0 Å². The lowest BCUT2D eigenvalue weighted by Crippen LogP contribution is -2.43. The highest BCUT2D eigenvalue weighted by Crippen LogP contribution is 2.26. The Bertz CT molecular complexity index is 1190. The first kappa shape index (κ1) is 20.6. The average Bonchev–Trinajstić information content (AvgIpc) is 3.36. The SMILES string of the molecule is Cc1sc2c(c1C)c(=O)n(Cc1ccccc1)c(=O)n2CC(=O)NC[C@@H]1CCCO1. The first-order valence-corrected chi connectivity index (χ1v) is 10.9. The van der Waals surface area contributed by atoms with Crippen LogP contribution in [0, 0.1) is 13.8 Å². The molecule has 1 atom stereocenters. The van der Waals surface area contributed by atoms with E-state index < -0.39 is 5.69 Å². The first-order valence-electron chi connectivity index (χ1n) is 10.1. The number of fused-ring (bicyclic) bond motifs is 1. The molecule has 1 fully saturated rings. The second-order valence-corrected chi connectivity index (χ2v) is 8.85. The van der Waals surface area contributed by atoms with E-state index in [1.165, 1.54) is 20.5 Å². The number of benzene rings is 1. The molecule has 2 aromatic heterocycles. The molecule has 1 N–H and O–H groups in total. The molecule has 8 heteroatoms. The van der Waals surface area contributed by atoms with E-state index in [1.54, 1.807) is 0 Å². The molecule has 3 aromatic rings. The predicted octanol–water partition coefficient (Wildman–Crippen LogP) is 2.19. The standard InChI is InChI=1S/C22H25N3O4S/c1-14-15(2)30-21-19(14)20(27)24(12-16-7-4-3-5-8-16)22(28)25(21)13-18(26)23-11-17-9-6-10-29-17/h3-5,7-8,17H,6,9-13H2,1-2H3,(H,23,26)/t17-/m0/s1. The third-order valence-corrected chi connectivity index (χ3v) is 6.80. The first-order chi connectivity index (χ1) is 14.5. The summed E-state index contributed by atoms with van der Waals surface area (Å²) < 4.78 is 8.19. The zero-order valence-electron chi connectivity index (χ0n) is 17.1. The molecular formula is C22H25N3O4S. The van der Waals surface area contributed by atoms with E-state index in [1.807, 2.05) is 44.2 Å². The summed E-state index contributed by atoms with van der Waals surface area (Å²) in [7, 11) is 0. The second kappa shape index (κ2) is 8.57. The average molecular weight is 428 g/mol. The Morgan fingerprint density at radius 1 is 1.20 bits per heavy atom. The summed E-state index contributed by atoms with van der Waals surface area (Å²) in [5, 5.41) is 3.38. The fraction of sp³-hybridized carbons (Fsp3) is 0.409. The van der Waals surface area contributed by atoms with Gasteiger partial charge in [-0.1, -0.05) is 30.3 Å². The molecule has 0 saturated carbocycles. The van der Waals surface area contributed by atoms with Gasteiger partial charge >= 0.3 is 5.69 Å². The maximum atomic E-state index is 13.3. The summed E-state index contributed by atoms with van der Waals surface area (Å²) in [5.41, 5.74) is 0.937. The van der Waals surface area contributed by atoms with Gasteiger partial charge in [-0.15, -0.1) is 11.3 Å². The van der Waals surface area contributed by atoms with E-state index in [9.17, 15) is 14.4 Å². The third kappa shape index (κ3) is 3.97. The molecule has 30 heavy (non-hydrogen) atoms. The molecule has 1 aliphatic rings. The van der Waals surface area contributed by atoms with Crippen molar-refractivity contribution in [2.75, 3.05) is 13.2 Å². The maximum absolute atomic E-state index is 13.3. The summed E-state index contributed by atoms with van der Waals surface area (Å²) in [6, 6.07) is 9.38. The molecule has 0 bridgehead atoms. The Balaban J connectivity index is 1.72. The Labute approximate surface area is 177 Å². The highest BCUT2D eigenvalue weighted by Gasteiger charge is 2.21. The smallest absolute Gasteiger partial charge is 0.332 e. The zero-order chi connectivity index (χ0) is 21.3. The molecule has 3 heterocycles. The molecule has 7 nitrogen and oxygen atoms in total. The van der Waals surface area contributed by atoms with E-state index >= 15 is 0 Å². The van der Waals surface area contributed by atoms with Gasteiger partial charge in [0, 0.05) is 18.0 Å². The number of nitrogens with zero attached hydrogens (tertiary/aromatic N) is 2. The summed E-state index contributed by atoms with van der Waals surface area (Å²) in [6.07, 6.45) is 1.96. The van der Waals surface area contributed by atoms with Gasteiger partial charge in [-0.3, -0.25) is 18.7 Å². The van der Waals surface area contributed by atoms with Crippen LogP contribution in [0.1, 0.15) is 28.8 Å². The van der Waals surface area contributed by atoms with Crippen LogP contribution in [-0.4, -0.2) is 34.3 Å². The van der Waals surface area contributed by atoms with Gasteiger partial charge in [0.2, 0.25) is 5.91 Å². The van der Waals surface area contributed by atoms with Gasteiger partial charge in [-0.25, -0.2) is 4.79 Å². The van der Waals surface area contributed by atoms with Gasteiger partial charge in [-0.05, 0) is 37.8 Å². The van der Waals surface area contributed by atoms with Gasteiger partial charge in [-0.2, -0.15) is 0 Å². The van der Waals surface area contributed by atoms with Crippen molar-refractivity contribution in [3.63, 3.8) is 0 Å². The third-order valence-electron chi connectivity index (χ3n) is 5.57. The fourth-order valence-electron chi connectivity index (χ4n) is 3.78. The minimum absolute atomic E-state index is 0.0314. The van der Waals surface area contributed by atoms with Crippen LogP contribution in [0.15, 0.2) is 39.9 Å². The normalized spacial score (nSPS) is 16.3. The Kier molecular flexibility index (Phi) is 5.87. The lowest BCUT2D eigenvalue weighted by molar-refractivity contribution is -0.122. The predicted molar refractivity (Wildman–Crippen MR) is 117 cm³/mol. The zero-order valence-corrected chi connectivity index (χ0v) is 18.0. The number of carbonyl (C=O) groups excluding carboxylic acids is 1. The van der Waals surface area contributed by atoms with Crippen LogP contribution in [0.3, 0.4) is 0 Å². The molecule has 1 saturated heterocycles. The number of hydrogen-bond donors (Lipinski definition) is 1. The van der Waals surface area contributed by atoms with E-state index in [2.05, 4.69) is 5.32 Å². The molecular weight excluding hydrogens is 402 g/mol. The van der Waals surface area contributed by atoms with Crippen molar-refractivity contribution in [2.45, 2.75) is 45.9 Å². The Morgan fingerprint density at radius 3 is 2.67 bits per heavy atom. The van der Waals surface area contributed by atoms with Gasteiger partial charge in [0.25, 0.3) is 5.56 Å². The van der Waals surface area contributed by atoms with Crippen molar-refractivity contribution in [3.8, 4) is 0 Å². The van der Waals surface area contributed by atoms with E-state index in [4.69, 9.17) is 4.74 Å². The maximum Gasteiger partial charge on any atom is 0.332 e. The van der Waals surface area contributed by atoms with Crippen molar-refractivity contribution in [3.05, 3.63) is 67.2 Å². The fourth-order valence-corrected chi connectivity index (χ4v) is 4.92. The van der Waals surface area contributed by atoms with Crippen LogP contribution in [0.4, 0.5) is 0 Å². The van der Waals surface area contributed by atoms with E-state index in [-0.39, 0.29) is 30.7 Å². The summed E-state index contributed by atoms with van der Waals surface area (Å²) in [4.78, 5) is 40.5. The van der Waals surface area contributed by atoms with Crippen LogP contribution in [0.25, 0.3) is 10.2 Å².